The highest BCUT2D eigenvalue weighted by Crippen LogP contribution is 2.21. The van der Waals surface area contributed by atoms with Crippen LogP contribution in [-0.2, 0) is 0 Å². The van der Waals surface area contributed by atoms with Gasteiger partial charge in [-0.15, -0.1) is 5.10 Å². The lowest BCUT2D eigenvalue weighted by Crippen LogP contribution is -2.22. The zero-order valence-electron chi connectivity index (χ0n) is 16.8. The van der Waals surface area contributed by atoms with Crippen molar-refractivity contribution < 1.29 is 13.9 Å². The standard InChI is InChI=1S/C24H20BrN3O3/c1-2-30-20-10-6-9-19(15-20)26-23(29)21-14-16-13-17(25)11-12-22(16)31-24(21)28-27-18-7-4-3-5-8-18/h3-15,27H,2H2,1H3,(H,26,29)/b28-24-. The zero-order chi connectivity index (χ0) is 21.6. The second kappa shape index (κ2) is 9.49. The molecule has 1 amide bonds. The molecule has 0 atom stereocenters. The molecule has 0 saturated heterocycles. The Morgan fingerprint density at radius 2 is 1.81 bits per heavy atom. The summed E-state index contributed by atoms with van der Waals surface area (Å²) in [4.78, 5) is 13.1. The normalized spacial score (nSPS) is 11.4. The molecule has 7 heteroatoms. The summed E-state index contributed by atoms with van der Waals surface area (Å²) in [5, 5.41) is 8.02. The van der Waals surface area contributed by atoms with Gasteiger partial charge in [0.1, 0.15) is 16.9 Å². The average Bonchev–Trinajstić information content (AvgIpc) is 2.78. The number of anilines is 2. The molecule has 4 aromatic rings. The molecule has 0 unspecified atom stereocenters. The summed E-state index contributed by atoms with van der Waals surface area (Å²) < 4.78 is 12.4. The van der Waals surface area contributed by atoms with Crippen LogP contribution >= 0.6 is 15.9 Å². The van der Waals surface area contributed by atoms with Gasteiger partial charge in [-0.2, -0.15) is 0 Å². The van der Waals surface area contributed by atoms with Gasteiger partial charge >= 0.3 is 0 Å². The van der Waals surface area contributed by atoms with E-state index < -0.39 is 0 Å². The lowest BCUT2D eigenvalue weighted by molar-refractivity contribution is 0.102. The van der Waals surface area contributed by atoms with E-state index in [9.17, 15) is 4.79 Å². The van der Waals surface area contributed by atoms with Crippen LogP contribution in [0.3, 0.4) is 0 Å². The van der Waals surface area contributed by atoms with Gasteiger partial charge in [-0.25, -0.2) is 0 Å². The van der Waals surface area contributed by atoms with Crippen LogP contribution in [0, 0.1) is 0 Å². The second-order valence-electron chi connectivity index (χ2n) is 6.65. The third kappa shape index (κ3) is 5.13. The van der Waals surface area contributed by atoms with Crippen LogP contribution in [0.4, 0.5) is 11.4 Å². The fourth-order valence-electron chi connectivity index (χ4n) is 3.00. The lowest BCUT2D eigenvalue weighted by Gasteiger charge is -2.09. The van der Waals surface area contributed by atoms with Crippen LogP contribution in [0.25, 0.3) is 11.0 Å². The van der Waals surface area contributed by atoms with Crippen molar-refractivity contribution in [2.75, 3.05) is 17.3 Å². The van der Waals surface area contributed by atoms with E-state index in [1.54, 1.807) is 18.2 Å². The Bertz CT molecular complexity index is 1290. The number of nitrogens with one attached hydrogen (secondary N) is 2. The van der Waals surface area contributed by atoms with Crippen molar-refractivity contribution in [3.63, 3.8) is 0 Å². The molecule has 0 saturated carbocycles. The van der Waals surface area contributed by atoms with Gasteiger partial charge < -0.3 is 14.5 Å². The minimum absolute atomic E-state index is 0.178. The molecular formula is C24H20BrN3O3. The van der Waals surface area contributed by atoms with Crippen LogP contribution in [0.5, 0.6) is 5.75 Å². The van der Waals surface area contributed by atoms with E-state index in [0.29, 0.717) is 29.2 Å². The van der Waals surface area contributed by atoms with Crippen LogP contribution < -0.4 is 21.0 Å². The van der Waals surface area contributed by atoms with Gasteiger partial charge in [-0.1, -0.05) is 40.2 Å². The SMILES string of the molecule is CCOc1cccc(NC(=O)c2cc3cc(Br)ccc3o/c2=N\Nc2ccccc2)c1. The van der Waals surface area contributed by atoms with Gasteiger partial charge in [0.2, 0.25) is 5.55 Å². The van der Waals surface area contributed by atoms with Crippen LogP contribution in [0.1, 0.15) is 17.3 Å². The summed E-state index contributed by atoms with van der Waals surface area (Å²) in [5.41, 5.74) is 5.44. The van der Waals surface area contributed by atoms with E-state index in [2.05, 4.69) is 31.8 Å². The smallest absolute Gasteiger partial charge is 0.261 e. The second-order valence-corrected chi connectivity index (χ2v) is 7.57. The molecule has 0 aliphatic rings. The number of nitrogens with zero attached hydrogens (tertiary/aromatic N) is 1. The van der Waals surface area contributed by atoms with Crippen LogP contribution in [0.15, 0.2) is 92.9 Å². The van der Waals surface area contributed by atoms with Crippen molar-refractivity contribution in [2.24, 2.45) is 5.10 Å². The molecule has 1 aromatic heterocycles. The third-order valence-corrected chi connectivity index (χ3v) is 4.91. The van der Waals surface area contributed by atoms with E-state index in [1.165, 1.54) is 0 Å². The number of amides is 1. The van der Waals surface area contributed by atoms with Crippen molar-refractivity contribution in [3.05, 3.63) is 94.5 Å². The lowest BCUT2D eigenvalue weighted by atomic mass is 10.1. The number of para-hydroxylation sites is 1. The Balaban J connectivity index is 1.73. The average molecular weight is 478 g/mol. The van der Waals surface area contributed by atoms with Crippen molar-refractivity contribution in [3.8, 4) is 5.75 Å². The summed E-state index contributed by atoms with van der Waals surface area (Å²) in [6.45, 7) is 2.46. The molecule has 6 nitrogen and oxygen atoms in total. The summed E-state index contributed by atoms with van der Waals surface area (Å²) in [6, 6.07) is 24.0. The number of rotatable bonds is 6. The van der Waals surface area contributed by atoms with Gasteiger partial charge in [0.15, 0.2) is 0 Å². The number of hydrogen-bond donors (Lipinski definition) is 2. The molecule has 0 fully saturated rings. The summed E-state index contributed by atoms with van der Waals surface area (Å²) in [6.07, 6.45) is 0. The highest BCUT2D eigenvalue weighted by molar-refractivity contribution is 9.10. The molecular weight excluding hydrogens is 458 g/mol. The van der Waals surface area contributed by atoms with Crippen molar-refractivity contribution in [2.45, 2.75) is 6.92 Å². The first-order valence-electron chi connectivity index (χ1n) is 9.75. The van der Waals surface area contributed by atoms with Gasteiger partial charge in [-0.3, -0.25) is 10.2 Å². The number of benzene rings is 3. The Morgan fingerprint density at radius 1 is 1.00 bits per heavy atom. The van der Waals surface area contributed by atoms with Gasteiger partial charge in [0.05, 0.1) is 12.3 Å². The van der Waals surface area contributed by atoms with E-state index in [-0.39, 0.29) is 11.5 Å². The summed E-state index contributed by atoms with van der Waals surface area (Å²) >= 11 is 3.46. The Hall–Kier alpha value is -3.58. The molecule has 3 aromatic carbocycles. The quantitative estimate of drug-likeness (QED) is 0.345. The van der Waals surface area contributed by atoms with E-state index in [1.807, 2.05) is 67.6 Å². The van der Waals surface area contributed by atoms with Gasteiger partial charge in [0, 0.05) is 21.6 Å². The highest BCUT2D eigenvalue weighted by atomic mass is 79.9. The first kappa shape index (κ1) is 20.7. The van der Waals surface area contributed by atoms with Crippen molar-refractivity contribution in [1.82, 2.24) is 0 Å². The Labute approximate surface area is 187 Å². The molecule has 31 heavy (non-hydrogen) atoms. The topological polar surface area (TPSA) is 75.9 Å². The third-order valence-electron chi connectivity index (χ3n) is 4.42. The first-order valence-corrected chi connectivity index (χ1v) is 10.5. The Morgan fingerprint density at radius 3 is 2.61 bits per heavy atom. The van der Waals surface area contributed by atoms with Gasteiger partial charge in [0.25, 0.3) is 5.91 Å². The highest BCUT2D eigenvalue weighted by Gasteiger charge is 2.14. The molecule has 1 heterocycles. The number of hydrogen-bond acceptors (Lipinski definition) is 5. The van der Waals surface area contributed by atoms with Crippen molar-refractivity contribution >= 4 is 44.2 Å². The monoisotopic (exact) mass is 477 g/mol. The molecule has 156 valence electrons. The maximum absolute atomic E-state index is 13.1. The fourth-order valence-corrected chi connectivity index (χ4v) is 3.38. The predicted molar refractivity (Wildman–Crippen MR) is 125 cm³/mol. The summed E-state index contributed by atoms with van der Waals surface area (Å²) in [5.74, 6) is 0.343. The molecule has 2 N–H and O–H groups in total. The number of halogens is 1. The number of ether oxygens (including phenoxy) is 1. The molecule has 4 rings (SSSR count). The fraction of sp³-hybridized carbons (Fsp3) is 0.0833. The molecule has 0 bridgehead atoms. The van der Waals surface area contributed by atoms with Crippen molar-refractivity contribution in [1.29, 1.82) is 0 Å². The first-order chi connectivity index (χ1) is 15.1. The number of carbonyl (C=O) groups is 1. The molecule has 0 aliphatic carbocycles. The maximum atomic E-state index is 13.1. The molecule has 0 radical (unpaired) electrons. The molecule has 0 aliphatic heterocycles. The number of fused-ring (bicyclic) bond motifs is 1. The Kier molecular flexibility index (Phi) is 6.33. The van der Waals surface area contributed by atoms with E-state index in [0.717, 1.165) is 15.5 Å². The maximum Gasteiger partial charge on any atom is 0.261 e. The summed E-state index contributed by atoms with van der Waals surface area (Å²) in [7, 11) is 0. The minimum Gasteiger partial charge on any atom is -0.494 e. The predicted octanol–water partition coefficient (Wildman–Crippen LogP) is 5.77. The van der Waals surface area contributed by atoms with Gasteiger partial charge in [-0.05, 0) is 55.5 Å². The van der Waals surface area contributed by atoms with E-state index in [4.69, 9.17) is 9.15 Å². The largest absolute Gasteiger partial charge is 0.494 e. The van der Waals surface area contributed by atoms with Crippen LogP contribution in [-0.4, -0.2) is 12.5 Å². The molecule has 0 spiro atoms. The van der Waals surface area contributed by atoms with Crippen LogP contribution in [0.2, 0.25) is 0 Å². The van der Waals surface area contributed by atoms with E-state index >= 15 is 0 Å². The number of carbonyl (C=O) groups excluding carboxylic acids is 1. The zero-order valence-corrected chi connectivity index (χ0v) is 18.3. The minimum atomic E-state index is -0.340.